The average Bonchev–Trinajstić information content (AvgIpc) is 3.34. The maximum Gasteiger partial charge on any atom is 0.306 e. The van der Waals surface area contributed by atoms with Gasteiger partial charge in [-0.2, -0.15) is 0 Å². The van der Waals surface area contributed by atoms with E-state index in [1.54, 1.807) is 0 Å². The Bertz CT molecular complexity index is 1320. The molecule has 0 radical (unpaired) electrons. The minimum Gasteiger partial charge on any atom is -0.462 e. The Morgan fingerprint density at radius 2 is 0.574 bits per heavy atom. The molecule has 6 nitrogen and oxygen atoms in total. The molecule has 0 aliphatic heterocycles. The van der Waals surface area contributed by atoms with Crippen molar-refractivity contribution in [1.29, 1.82) is 0 Å². The van der Waals surface area contributed by atoms with Crippen molar-refractivity contribution in [2.75, 3.05) is 13.2 Å². The van der Waals surface area contributed by atoms with Crippen molar-refractivity contribution >= 4 is 17.9 Å². The number of allylic oxidation sites excluding steroid dienone is 14. The number of rotatable bonds is 51. The lowest BCUT2D eigenvalue weighted by atomic mass is 10.0. The van der Waals surface area contributed by atoms with Gasteiger partial charge in [0.25, 0.3) is 0 Å². The molecule has 0 heterocycles. The minimum atomic E-state index is -0.784. The van der Waals surface area contributed by atoms with Gasteiger partial charge in [0.1, 0.15) is 13.2 Å². The molecule has 68 heavy (non-hydrogen) atoms. The predicted octanol–water partition coefficient (Wildman–Crippen LogP) is 19.2. The summed E-state index contributed by atoms with van der Waals surface area (Å²) in [4.78, 5) is 38.1. The summed E-state index contributed by atoms with van der Waals surface area (Å²) in [5.41, 5.74) is 0. The third-order valence-corrected chi connectivity index (χ3v) is 12.1. The molecule has 0 saturated carbocycles. The second-order valence-corrected chi connectivity index (χ2v) is 18.8. The monoisotopic (exact) mass is 947 g/mol. The summed E-state index contributed by atoms with van der Waals surface area (Å²) in [6.45, 7) is 6.40. The highest BCUT2D eigenvalue weighted by Gasteiger charge is 2.19. The lowest BCUT2D eigenvalue weighted by molar-refractivity contribution is -0.167. The Morgan fingerprint density at radius 1 is 0.309 bits per heavy atom. The molecule has 0 aromatic heterocycles. The van der Waals surface area contributed by atoms with Crippen molar-refractivity contribution in [3.8, 4) is 0 Å². The molecule has 0 spiro atoms. The maximum atomic E-state index is 12.8. The van der Waals surface area contributed by atoms with E-state index >= 15 is 0 Å². The Labute approximate surface area is 420 Å². The number of unbranched alkanes of at least 4 members (excludes halogenated alkanes) is 26. The summed E-state index contributed by atoms with van der Waals surface area (Å²) in [5.74, 6) is -0.897. The highest BCUT2D eigenvalue weighted by molar-refractivity contribution is 5.71. The smallest absolute Gasteiger partial charge is 0.306 e. The van der Waals surface area contributed by atoms with Gasteiger partial charge in [0.2, 0.25) is 0 Å². The van der Waals surface area contributed by atoms with E-state index in [4.69, 9.17) is 14.2 Å². The molecular weight excluding hydrogens is 841 g/mol. The van der Waals surface area contributed by atoms with Crippen LogP contribution in [0.5, 0.6) is 0 Å². The minimum absolute atomic E-state index is 0.0818. The van der Waals surface area contributed by atoms with E-state index in [0.29, 0.717) is 19.3 Å². The van der Waals surface area contributed by atoms with Crippen LogP contribution in [-0.2, 0) is 28.6 Å². The first-order chi connectivity index (χ1) is 33.5. The van der Waals surface area contributed by atoms with Crippen LogP contribution in [0.15, 0.2) is 85.1 Å². The first-order valence-corrected chi connectivity index (χ1v) is 28.6. The molecule has 0 fully saturated rings. The van der Waals surface area contributed by atoms with Crippen molar-refractivity contribution in [2.24, 2.45) is 0 Å². The van der Waals surface area contributed by atoms with Gasteiger partial charge in [0.15, 0.2) is 6.10 Å². The molecule has 0 rings (SSSR count). The van der Waals surface area contributed by atoms with Crippen molar-refractivity contribution in [3.63, 3.8) is 0 Å². The summed E-state index contributed by atoms with van der Waals surface area (Å²) in [6, 6.07) is 0. The quantitative estimate of drug-likeness (QED) is 0.0262. The fourth-order valence-electron chi connectivity index (χ4n) is 7.92. The molecule has 0 bridgehead atoms. The molecular formula is C62H106O6. The van der Waals surface area contributed by atoms with Crippen molar-refractivity contribution < 1.29 is 28.6 Å². The molecule has 1 atom stereocenters. The molecule has 0 aromatic carbocycles. The molecule has 0 aromatic rings. The Hall–Kier alpha value is -3.41. The zero-order chi connectivity index (χ0) is 49.3. The van der Waals surface area contributed by atoms with Gasteiger partial charge < -0.3 is 14.2 Å². The summed E-state index contributed by atoms with van der Waals surface area (Å²) >= 11 is 0. The maximum absolute atomic E-state index is 12.8. The van der Waals surface area contributed by atoms with Crippen LogP contribution in [0.4, 0.5) is 0 Å². The first kappa shape index (κ1) is 64.6. The van der Waals surface area contributed by atoms with Gasteiger partial charge in [0.05, 0.1) is 0 Å². The molecule has 0 N–H and O–H groups in total. The highest BCUT2D eigenvalue weighted by atomic mass is 16.6. The fourth-order valence-corrected chi connectivity index (χ4v) is 7.92. The summed E-state index contributed by atoms with van der Waals surface area (Å²) in [7, 11) is 0. The second-order valence-electron chi connectivity index (χ2n) is 18.8. The van der Waals surface area contributed by atoms with Gasteiger partial charge in [-0.25, -0.2) is 0 Å². The van der Waals surface area contributed by atoms with Crippen LogP contribution < -0.4 is 0 Å². The Kier molecular flexibility index (Phi) is 53.4. The van der Waals surface area contributed by atoms with Gasteiger partial charge in [-0.3, -0.25) is 14.4 Å². The normalized spacial score (nSPS) is 12.7. The number of carbonyl (C=O) groups excluding carboxylic acids is 3. The van der Waals surface area contributed by atoms with Crippen molar-refractivity contribution in [3.05, 3.63) is 85.1 Å². The SMILES string of the molecule is CC/C=C\C/C=C\C/C=C\C/C=C\CCCCCCCCCCCCCCC(=O)OCC(COC(=O)CCCCCCCCCCCC)OC(=O)CCCCCCC/C=C\C/C=C\C/C=C\CC. The number of hydrogen-bond donors (Lipinski definition) is 0. The van der Waals surface area contributed by atoms with E-state index in [-0.39, 0.29) is 31.1 Å². The number of carbonyl (C=O) groups is 3. The summed E-state index contributed by atoms with van der Waals surface area (Å²) < 4.78 is 16.8. The molecule has 0 amide bonds. The summed E-state index contributed by atoms with van der Waals surface area (Å²) in [6.07, 6.45) is 73.0. The van der Waals surface area contributed by atoms with Crippen molar-refractivity contribution in [1.82, 2.24) is 0 Å². The zero-order valence-corrected chi connectivity index (χ0v) is 44.6. The van der Waals surface area contributed by atoms with Crippen LogP contribution in [0.2, 0.25) is 0 Å². The van der Waals surface area contributed by atoms with E-state index in [0.717, 1.165) is 122 Å². The van der Waals surface area contributed by atoms with Gasteiger partial charge in [-0.05, 0) is 89.9 Å². The average molecular weight is 948 g/mol. The van der Waals surface area contributed by atoms with Gasteiger partial charge in [0, 0.05) is 19.3 Å². The van der Waals surface area contributed by atoms with Crippen LogP contribution in [0.3, 0.4) is 0 Å². The molecule has 0 aliphatic carbocycles. The second kappa shape index (κ2) is 56.2. The van der Waals surface area contributed by atoms with E-state index in [1.807, 2.05) is 0 Å². The lowest BCUT2D eigenvalue weighted by Gasteiger charge is -2.18. The standard InChI is InChI=1S/C62H106O6/c1-4-7-10-13-16-19-22-24-26-27-28-29-30-31-32-33-34-35-37-38-40-43-46-49-52-55-61(64)67-58-59(57-66-60(63)54-51-48-45-42-21-18-15-12-9-6-3)68-62(65)56-53-50-47-44-41-39-36-25-23-20-17-14-11-8-5-2/h7-8,10-11,16-17,19-20,24-26,28-29,36,59H,4-6,9,12-15,18,21-23,27,30-35,37-58H2,1-3H3/b10-7-,11-8-,19-16-,20-17-,26-24-,29-28-,36-25-. The molecule has 390 valence electrons. The summed E-state index contributed by atoms with van der Waals surface area (Å²) in [5, 5.41) is 0. The lowest BCUT2D eigenvalue weighted by Crippen LogP contribution is -2.30. The van der Waals surface area contributed by atoms with E-state index in [1.165, 1.54) is 109 Å². The fraction of sp³-hybridized carbons (Fsp3) is 0.726. The number of hydrogen-bond acceptors (Lipinski definition) is 6. The largest absolute Gasteiger partial charge is 0.462 e. The van der Waals surface area contributed by atoms with Crippen LogP contribution in [0, 0.1) is 0 Å². The van der Waals surface area contributed by atoms with Crippen molar-refractivity contribution in [2.45, 2.75) is 277 Å². The van der Waals surface area contributed by atoms with Gasteiger partial charge in [-0.15, -0.1) is 0 Å². The third kappa shape index (κ3) is 53.5. The Morgan fingerprint density at radius 3 is 0.897 bits per heavy atom. The molecule has 0 aliphatic rings. The number of ether oxygens (including phenoxy) is 3. The van der Waals surface area contributed by atoms with E-state index < -0.39 is 6.10 Å². The van der Waals surface area contributed by atoms with E-state index in [2.05, 4.69) is 106 Å². The van der Waals surface area contributed by atoms with Gasteiger partial charge in [-0.1, -0.05) is 247 Å². The Balaban J connectivity index is 4.25. The van der Waals surface area contributed by atoms with E-state index in [9.17, 15) is 14.4 Å². The number of esters is 3. The molecule has 0 saturated heterocycles. The third-order valence-electron chi connectivity index (χ3n) is 12.1. The van der Waals surface area contributed by atoms with Crippen LogP contribution in [0.1, 0.15) is 271 Å². The van der Waals surface area contributed by atoms with Crippen LogP contribution in [-0.4, -0.2) is 37.2 Å². The van der Waals surface area contributed by atoms with Gasteiger partial charge >= 0.3 is 17.9 Å². The topological polar surface area (TPSA) is 78.9 Å². The molecule has 6 heteroatoms. The van der Waals surface area contributed by atoms with Crippen LogP contribution in [0.25, 0.3) is 0 Å². The molecule has 1 unspecified atom stereocenters. The zero-order valence-electron chi connectivity index (χ0n) is 44.6. The predicted molar refractivity (Wildman–Crippen MR) is 293 cm³/mol. The first-order valence-electron chi connectivity index (χ1n) is 28.6. The van der Waals surface area contributed by atoms with Crippen LogP contribution >= 0.6 is 0 Å². The highest BCUT2D eigenvalue weighted by Crippen LogP contribution is 2.16.